The summed E-state index contributed by atoms with van der Waals surface area (Å²) < 4.78 is 0. The quantitative estimate of drug-likeness (QED) is 0.558. The van der Waals surface area contributed by atoms with Crippen LogP contribution in [0, 0.1) is 17.0 Å². The van der Waals surface area contributed by atoms with Crippen LogP contribution in [0.2, 0.25) is 0 Å². The summed E-state index contributed by atoms with van der Waals surface area (Å²) in [6, 6.07) is 9.27. The number of rotatable bonds is 6. The highest BCUT2D eigenvalue weighted by Crippen LogP contribution is 2.23. The average Bonchev–Trinajstić information content (AvgIpc) is 2.53. The second-order valence-electron chi connectivity index (χ2n) is 5.08. The maximum atomic E-state index is 11.1. The molecule has 7 heteroatoms. The molecule has 120 valence electrons. The van der Waals surface area contributed by atoms with Gasteiger partial charge in [-0.1, -0.05) is 17.7 Å². The van der Waals surface area contributed by atoms with Gasteiger partial charge in [-0.25, -0.2) is 4.79 Å². The maximum Gasteiger partial charge on any atom is 0.335 e. The number of aliphatic hydroxyl groups excluding tert-OH is 1. The number of hydrogen-bond donors (Lipinski definition) is 3. The number of nitrogens with one attached hydrogen (secondary N) is 1. The predicted octanol–water partition coefficient (Wildman–Crippen LogP) is 2.71. The second kappa shape index (κ2) is 6.89. The second-order valence-corrected chi connectivity index (χ2v) is 5.08. The summed E-state index contributed by atoms with van der Waals surface area (Å²) in [7, 11) is 0. The first-order valence-corrected chi connectivity index (χ1v) is 6.87. The summed E-state index contributed by atoms with van der Waals surface area (Å²) in [5.41, 5.74) is 2.34. The molecule has 23 heavy (non-hydrogen) atoms. The SMILES string of the molecule is Cc1ccc(NCc2ccc(C(=O)O)cc2[N+](=O)[O-])c(CO)c1. The molecule has 2 aromatic carbocycles. The van der Waals surface area contributed by atoms with Gasteiger partial charge in [0.25, 0.3) is 5.69 Å². The van der Waals surface area contributed by atoms with Gasteiger partial charge in [-0.3, -0.25) is 10.1 Å². The number of nitro groups is 1. The fourth-order valence-electron chi connectivity index (χ4n) is 2.23. The van der Waals surface area contributed by atoms with Crippen LogP contribution in [-0.2, 0) is 13.2 Å². The van der Waals surface area contributed by atoms with Crippen molar-refractivity contribution in [3.8, 4) is 0 Å². The Bertz CT molecular complexity index is 758. The summed E-state index contributed by atoms with van der Waals surface area (Å²) in [4.78, 5) is 21.4. The first-order valence-electron chi connectivity index (χ1n) is 6.87. The summed E-state index contributed by atoms with van der Waals surface area (Å²) in [5.74, 6) is -1.21. The summed E-state index contributed by atoms with van der Waals surface area (Å²) in [6.45, 7) is 1.90. The predicted molar refractivity (Wildman–Crippen MR) is 84.5 cm³/mol. The number of hydrogen-bond acceptors (Lipinski definition) is 5. The van der Waals surface area contributed by atoms with Gasteiger partial charge in [0, 0.05) is 29.4 Å². The summed E-state index contributed by atoms with van der Waals surface area (Å²) >= 11 is 0. The van der Waals surface area contributed by atoms with Gasteiger partial charge in [-0.15, -0.1) is 0 Å². The number of carboxylic acid groups (broad SMARTS) is 1. The molecule has 0 saturated carbocycles. The van der Waals surface area contributed by atoms with E-state index in [0.29, 0.717) is 16.8 Å². The van der Waals surface area contributed by atoms with Crippen LogP contribution in [0.5, 0.6) is 0 Å². The van der Waals surface area contributed by atoms with E-state index < -0.39 is 10.9 Å². The van der Waals surface area contributed by atoms with Gasteiger partial charge >= 0.3 is 5.97 Å². The van der Waals surface area contributed by atoms with Crippen molar-refractivity contribution in [3.63, 3.8) is 0 Å². The molecule has 0 aliphatic rings. The zero-order valence-corrected chi connectivity index (χ0v) is 12.4. The minimum Gasteiger partial charge on any atom is -0.478 e. The van der Waals surface area contributed by atoms with Crippen molar-refractivity contribution in [1.82, 2.24) is 0 Å². The number of aryl methyl sites for hydroxylation is 1. The lowest BCUT2D eigenvalue weighted by atomic mass is 10.1. The molecule has 3 N–H and O–H groups in total. The van der Waals surface area contributed by atoms with Crippen LogP contribution in [-0.4, -0.2) is 21.1 Å². The molecule has 0 aliphatic carbocycles. The van der Waals surface area contributed by atoms with Gasteiger partial charge in [-0.2, -0.15) is 0 Å². The zero-order chi connectivity index (χ0) is 17.0. The molecule has 7 nitrogen and oxygen atoms in total. The molecule has 0 spiro atoms. The largest absolute Gasteiger partial charge is 0.478 e. The smallest absolute Gasteiger partial charge is 0.335 e. The first-order chi connectivity index (χ1) is 10.9. The van der Waals surface area contributed by atoms with Crippen LogP contribution >= 0.6 is 0 Å². The summed E-state index contributed by atoms with van der Waals surface area (Å²) in [5, 5.41) is 32.4. The molecule has 2 rings (SSSR count). The van der Waals surface area contributed by atoms with E-state index in [4.69, 9.17) is 5.11 Å². The van der Waals surface area contributed by atoms with Gasteiger partial charge in [0.2, 0.25) is 0 Å². The van der Waals surface area contributed by atoms with E-state index in [9.17, 15) is 20.0 Å². The van der Waals surface area contributed by atoms with Crippen LogP contribution in [0.25, 0.3) is 0 Å². The molecule has 0 amide bonds. The van der Waals surface area contributed by atoms with Gasteiger partial charge in [0.05, 0.1) is 17.1 Å². The van der Waals surface area contributed by atoms with Gasteiger partial charge in [0.1, 0.15) is 0 Å². The third-order valence-electron chi connectivity index (χ3n) is 3.43. The van der Waals surface area contributed by atoms with Crippen molar-refractivity contribution in [1.29, 1.82) is 0 Å². The molecule has 0 fully saturated rings. The van der Waals surface area contributed by atoms with Gasteiger partial charge in [0.15, 0.2) is 0 Å². The topological polar surface area (TPSA) is 113 Å². The molecular formula is C16H16N2O5. The molecule has 0 atom stereocenters. The van der Waals surface area contributed by atoms with E-state index in [-0.39, 0.29) is 24.4 Å². The third kappa shape index (κ3) is 3.83. The molecular weight excluding hydrogens is 300 g/mol. The van der Waals surface area contributed by atoms with Gasteiger partial charge < -0.3 is 15.5 Å². The molecule has 0 heterocycles. The van der Waals surface area contributed by atoms with E-state index in [0.717, 1.165) is 11.6 Å². The number of benzene rings is 2. The molecule has 0 radical (unpaired) electrons. The molecule has 0 aromatic heterocycles. The van der Waals surface area contributed by atoms with Crippen molar-refractivity contribution in [2.75, 3.05) is 5.32 Å². The Balaban J connectivity index is 2.27. The molecule has 0 bridgehead atoms. The normalized spacial score (nSPS) is 10.3. The van der Waals surface area contributed by atoms with Crippen LogP contribution in [0.15, 0.2) is 36.4 Å². The number of nitrogens with zero attached hydrogens (tertiary/aromatic N) is 1. The number of aliphatic hydroxyl groups is 1. The summed E-state index contributed by atoms with van der Waals surface area (Å²) in [6.07, 6.45) is 0. The zero-order valence-electron chi connectivity index (χ0n) is 12.4. The number of carboxylic acids is 1. The van der Waals surface area contributed by atoms with E-state index >= 15 is 0 Å². The van der Waals surface area contributed by atoms with Crippen LogP contribution < -0.4 is 5.32 Å². The Morgan fingerprint density at radius 1 is 1.22 bits per heavy atom. The van der Waals surface area contributed by atoms with E-state index in [1.165, 1.54) is 12.1 Å². The number of carbonyl (C=O) groups is 1. The maximum absolute atomic E-state index is 11.1. The lowest BCUT2D eigenvalue weighted by Gasteiger charge is -2.12. The Morgan fingerprint density at radius 2 is 1.96 bits per heavy atom. The molecule has 0 aliphatic heterocycles. The number of aromatic carboxylic acids is 1. The highest BCUT2D eigenvalue weighted by molar-refractivity contribution is 5.88. The van der Waals surface area contributed by atoms with Gasteiger partial charge in [-0.05, 0) is 25.1 Å². The number of anilines is 1. The van der Waals surface area contributed by atoms with E-state index in [1.807, 2.05) is 19.1 Å². The van der Waals surface area contributed by atoms with Crippen LogP contribution in [0.1, 0.15) is 27.0 Å². The standard InChI is InChI=1S/C16H16N2O5/c1-10-2-5-14(13(6-10)9-19)17-8-12-4-3-11(16(20)21)7-15(12)18(22)23/h2-7,17,19H,8-9H2,1H3,(H,20,21). The Labute approximate surface area is 132 Å². The van der Waals surface area contributed by atoms with Crippen molar-refractivity contribution >= 4 is 17.3 Å². The lowest BCUT2D eigenvalue weighted by Crippen LogP contribution is -2.07. The van der Waals surface area contributed by atoms with E-state index in [1.54, 1.807) is 6.07 Å². The highest BCUT2D eigenvalue weighted by atomic mass is 16.6. The highest BCUT2D eigenvalue weighted by Gasteiger charge is 2.17. The first kappa shape index (κ1) is 16.4. The Hall–Kier alpha value is -2.93. The van der Waals surface area contributed by atoms with Crippen molar-refractivity contribution < 1.29 is 19.9 Å². The van der Waals surface area contributed by atoms with Crippen LogP contribution in [0.3, 0.4) is 0 Å². The fourth-order valence-corrected chi connectivity index (χ4v) is 2.23. The Kier molecular flexibility index (Phi) is 4.92. The minimum absolute atomic E-state index is 0.133. The molecule has 0 saturated heterocycles. The van der Waals surface area contributed by atoms with Crippen molar-refractivity contribution in [2.24, 2.45) is 0 Å². The van der Waals surface area contributed by atoms with Crippen molar-refractivity contribution in [3.05, 3.63) is 68.8 Å². The average molecular weight is 316 g/mol. The Morgan fingerprint density at radius 3 is 2.57 bits per heavy atom. The van der Waals surface area contributed by atoms with E-state index in [2.05, 4.69) is 5.32 Å². The number of nitro benzene ring substituents is 1. The molecule has 0 unspecified atom stereocenters. The fraction of sp³-hybridized carbons (Fsp3) is 0.188. The third-order valence-corrected chi connectivity index (χ3v) is 3.43. The lowest BCUT2D eigenvalue weighted by molar-refractivity contribution is -0.385. The van der Waals surface area contributed by atoms with Crippen molar-refractivity contribution in [2.45, 2.75) is 20.1 Å². The monoisotopic (exact) mass is 316 g/mol. The minimum atomic E-state index is -1.21. The molecule has 2 aromatic rings. The van der Waals surface area contributed by atoms with Crippen LogP contribution in [0.4, 0.5) is 11.4 Å².